The molecule has 0 unspecified atom stereocenters. The summed E-state index contributed by atoms with van der Waals surface area (Å²) >= 11 is 0. The second-order valence-corrected chi connectivity index (χ2v) is 5.57. The lowest BCUT2D eigenvalue weighted by Crippen LogP contribution is -2.48. The van der Waals surface area contributed by atoms with E-state index >= 15 is 0 Å². The van der Waals surface area contributed by atoms with Gasteiger partial charge in [-0.15, -0.1) is 12.4 Å². The molecule has 0 atom stereocenters. The molecule has 0 aromatic heterocycles. The van der Waals surface area contributed by atoms with Crippen LogP contribution >= 0.6 is 12.4 Å². The minimum absolute atomic E-state index is 0. The summed E-state index contributed by atoms with van der Waals surface area (Å²) in [7, 11) is 1.68. The zero-order valence-corrected chi connectivity index (χ0v) is 12.9. The average molecular weight is 292 g/mol. The van der Waals surface area contributed by atoms with Gasteiger partial charge in [0.15, 0.2) is 0 Å². The van der Waals surface area contributed by atoms with Crippen molar-refractivity contribution in [1.29, 1.82) is 0 Å². The van der Waals surface area contributed by atoms with Crippen LogP contribution in [-0.4, -0.2) is 42.9 Å². The highest BCUT2D eigenvalue weighted by Gasteiger charge is 2.41. The maximum Gasteiger partial charge on any atom is 0.239 e. The molecule has 0 aromatic rings. The summed E-state index contributed by atoms with van der Waals surface area (Å²) < 4.78 is 0. The monoisotopic (exact) mass is 291 g/mol. The van der Waals surface area contributed by atoms with Crippen LogP contribution in [0.4, 0.5) is 0 Å². The largest absolute Gasteiger partial charge is 0.352 e. The van der Waals surface area contributed by atoms with Gasteiger partial charge in [0.1, 0.15) is 0 Å². The van der Waals surface area contributed by atoms with Gasteiger partial charge in [0.05, 0.1) is 12.0 Å². The number of nitrogens with one attached hydrogen (secondary N) is 1. The van der Waals surface area contributed by atoms with Crippen LogP contribution in [-0.2, 0) is 9.59 Å². The topological polar surface area (TPSA) is 75.4 Å². The molecule has 0 bridgehead atoms. The first-order chi connectivity index (χ1) is 8.41. The summed E-state index contributed by atoms with van der Waals surface area (Å²) in [6.07, 6.45) is 3.79. The van der Waals surface area contributed by atoms with Crippen LogP contribution in [0.2, 0.25) is 0 Å². The van der Waals surface area contributed by atoms with Gasteiger partial charge < -0.3 is 16.0 Å². The van der Waals surface area contributed by atoms with E-state index in [1.807, 2.05) is 13.8 Å². The molecular formula is C13H26ClN3O2. The zero-order chi connectivity index (χ0) is 13.8. The van der Waals surface area contributed by atoms with Crippen molar-refractivity contribution < 1.29 is 9.59 Å². The fourth-order valence-electron chi connectivity index (χ4n) is 2.62. The summed E-state index contributed by atoms with van der Waals surface area (Å²) in [4.78, 5) is 25.5. The predicted molar refractivity (Wildman–Crippen MR) is 78.1 cm³/mol. The summed E-state index contributed by atoms with van der Waals surface area (Å²) in [5.41, 5.74) is 5.35. The molecule has 1 aliphatic carbocycles. The van der Waals surface area contributed by atoms with Crippen molar-refractivity contribution in [2.75, 3.05) is 20.1 Å². The molecular weight excluding hydrogens is 266 g/mol. The fraction of sp³-hybridized carbons (Fsp3) is 0.846. The number of nitrogens with zero attached hydrogens (tertiary/aromatic N) is 1. The lowest BCUT2D eigenvalue weighted by molar-refractivity contribution is -0.143. The van der Waals surface area contributed by atoms with Crippen LogP contribution < -0.4 is 11.1 Å². The van der Waals surface area contributed by atoms with Gasteiger partial charge in [-0.3, -0.25) is 9.59 Å². The van der Waals surface area contributed by atoms with Gasteiger partial charge in [-0.05, 0) is 26.7 Å². The highest BCUT2D eigenvalue weighted by atomic mass is 35.5. The smallest absolute Gasteiger partial charge is 0.239 e. The van der Waals surface area contributed by atoms with Crippen molar-refractivity contribution in [3.05, 3.63) is 0 Å². The van der Waals surface area contributed by atoms with Crippen LogP contribution in [0.15, 0.2) is 0 Å². The maximum atomic E-state index is 12.4. The predicted octanol–water partition coefficient (Wildman–Crippen LogP) is 0.910. The Hall–Kier alpha value is -0.810. The number of nitrogens with two attached hydrogens (primary N) is 1. The molecule has 1 fully saturated rings. The van der Waals surface area contributed by atoms with E-state index in [1.54, 1.807) is 7.05 Å². The van der Waals surface area contributed by atoms with Crippen molar-refractivity contribution in [3.63, 3.8) is 0 Å². The number of likely N-dealkylation sites (N-methyl/N-ethyl adjacent to an activating group) is 1. The van der Waals surface area contributed by atoms with E-state index in [-0.39, 0.29) is 36.8 Å². The third kappa shape index (κ3) is 4.66. The Bertz CT molecular complexity index is 315. The normalized spacial score (nSPS) is 16.9. The minimum atomic E-state index is -0.424. The minimum Gasteiger partial charge on any atom is -0.352 e. The Morgan fingerprint density at radius 1 is 1.32 bits per heavy atom. The Kier molecular flexibility index (Phi) is 7.37. The molecule has 3 N–H and O–H groups in total. The standard InChI is InChI=1S/C13H25N3O2.ClH/c1-10(2)15-11(17)8-16(3)12(18)13(9-14)6-4-5-7-13;/h10H,4-9,14H2,1-3H3,(H,15,17);1H. The van der Waals surface area contributed by atoms with E-state index in [0.717, 1.165) is 25.7 Å². The molecule has 0 aliphatic heterocycles. The maximum absolute atomic E-state index is 12.4. The first-order valence-electron chi connectivity index (χ1n) is 6.66. The van der Waals surface area contributed by atoms with Crippen LogP contribution in [0.3, 0.4) is 0 Å². The Balaban J connectivity index is 0.00000324. The van der Waals surface area contributed by atoms with Crippen LogP contribution in [0.25, 0.3) is 0 Å². The van der Waals surface area contributed by atoms with E-state index in [1.165, 1.54) is 4.90 Å². The molecule has 2 amide bonds. The molecule has 0 aromatic carbocycles. The Morgan fingerprint density at radius 2 is 1.84 bits per heavy atom. The molecule has 1 rings (SSSR count). The molecule has 1 saturated carbocycles. The van der Waals surface area contributed by atoms with Crippen molar-refractivity contribution >= 4 is 24.2 Å². The van der Waals surface area contributed by atoms with Crippen molar-refractivity contribution in [2.24, 2.45) is 11.1 Å². The zero-order valence-electron chi connectivity index (χ0n) is 12.1. The van der Waals surface area contributed by atoms with Crippen molar-refractivity contribution in [2.45, 2.75) is 45.6 Å². The summed E-state index contributed by atoms with van der Waals surface area (Å²) in [5, 5.41) is 2.79. The molecule has 0 saturated heterocycles. The molecule has 1 aliphatic rings. The van der Waals surface area contributed by atoms with Gasteiger partial charge in [-0.25, -0.2) is 0 Å². The summed E-state index contributed by atoms with van der Waals surface area (Å²) in [5.74, 6) is -0.104. The molecule has 0 spiro atoms. The number of rotatable bonds is 5. The third-order valence-corrected chi connectivity index (χ3v) is 3.58. The van der Waals surface area contributed by atoms with Crippen LogP contribution in [0, 0.1) is 5.41 Å². The quantitative estimate of drug-likeness (QED) is 0.790. The number of halogens is 1. The van der Waals surface area contributed by atoms with E-state index in [2.05, 4.69) is 5.32 Å². The van der Waals surface area contributed by atoms with Gasteiger partial charge in [-0.1, -0.05) is 12.8 Å². The van der Waals surface area contributed by atoms with E-state index < -0.39 is 5.41 Å². The number of carbonyl (C=O) groups is 2. The molecule has 0 radical (unpaired) electrons. The molecule has 112 valence electrons. The third-order valence-electron chi connectivity index (χ3n) is 3.58. The number of amides is 2. The van der Waals surface area contributed by atoms with E-state index in [4.69, 9.17) is 5.73 Å². The SMILES string of the molecule is CC(C)NC(=O)CN(C)C(=O)C1(CN)CCCC1.Cl. The van der Waals surface area contributed by atoms with Gasteiger partial charge in [0.2, 0.25) is 11.8 Å². The van der Waals surface area contributed by atoms with Crippen molar-refractivity contribution in [1.82, 2.24) is 10.2 Å². The summed E-state index contributed by atoms with van der Waals surface area (Å²) in [6, 6.07) is 0.0935. The molecule has 0 heterocycles. The van der Waals surface area contributed by atoms with Crippen LogP contribution in [0.1, 0.15) is 39.5 Å². The second-order valence-electron chi connectivity index (χ2n) is 5.57. The first-order valence-corrected chi connectivity index (χ1v) is 6.66. The highest BCUT2D eigenvalue weighted by Crippen LogP contribution is 2.38. The second kappa shape index (κ2) is 7.70. The number of carbonyl (C=O) groups excluding carboxylic acids is 2. The highest BCUT2D eigenvalue weighted by molar-refractivity contribution is 5.88. The molecule has 5 nitrogen and oxygen atoms in total. The van der Waals surface area contributed by atoms with Crippen LogP contribution in [0.5, 0.6) is 0 Å². The van der Waals surface area contributed by atoms with Gasteiger partial charge in [0, 0.05) is 19.6 Å². The van der Waals surface area contributed by atoms with E-state index in [0.29, 0.717) is 6.54 Å². The number of hydrogen-bond donors (Lipinski definition) is 2. The molecule has 19 heavy (non-hydrogen) atoms. The van der Waals surface area contributed by atoms with Gasteiger partial charge in [-0.2, -0.15) is 0 Å². The van der Waals surface area contributed by atoms with E-state index in [9.17, 15) is 9.59 Å². The lowest BCUT2D eigenvalue weighted by Gasteiger charge is -2.31. The number of hydrogen-bond acceptors (Lipinski definition) is 3. The average Bonchev–Trinajstić information content (AvgIpc) is 2.76. The Morgan fingerprint density at radius 3 is 2.26 bits per heavy atom. The van der Waals surface area contributed by atoms with Crippen molar-refractivity contribution in [3.8, 4) is 0 Å². The first kappa shape index (κ1) is 18.2. The fourth-order valence-corrected chi connectivity index (χ4v) is 2.62. The lowest BCUT2D eigenvalue weighted by atomic mass is 9.85. The summed E-state index contributed by atoms with van der Waals surface area (Å²) in [6.45, 7) is 4.29. The Labute approximate surface area is 121 Å². The molecule has 6 heteroatoms. The van der Waals surface area contributed by atoms with Gasteiger partial charge in [0.25, 0.3) is 0 Å². The van der Waals surface area contributed by atoms with Gasteiger partial charge >= 0.3 is 0 Å².